The predicted octanol–water partition coefficient (Wildman–Crippen LogP) is 4.40. The zero-order chi connectivity index (χ0) is 14.8. The summed E-state index contributed by atoms with van der Waals surface area (Å²) in [4.78, 5) is 12.2. The lowest BCUT2D eigenvalue weighted by Gasteiger charge is -2.01. The Kier molecular flexibility index (Phi) is 3.98. The van der Waals surface area contributed by atoms with Gasteiger partial charge >= 0.3 is 5.97 Å². The molecule has 3 heteroatoms. The molecule has 0 aromatic heterocycles. The van der Waals surface area contributed by atoms with Crippen LogP contribution in [0.1, 0.15) is 29.9 Å². The summed E-state index contributed by atoms with van der Waals surface area (Å²) in [6.45, 7) is 2.26. The quantitative estimate of drug-likeness (QED) is 0.782. The van der Waals surface area contributed by atoms with Gasteiger partial charge in [0.05, 0.1) is 12.5 Å². The normalized spacial score (nSPS) is 23.6. The Morgan fingerprint density at radius 1 is 1.00 bits per heavy atom. The molecule has 1 saturated carbocycles. The minimum atomic E-state index is -0.105. The van der Waals surface area contributed by atoms with Gasteiger partial charge in [0.15, 0.2) is 0 Å². The van der Waals surface area contributed by atoms with Crippen LogP contribution < -0.4 is 0 Å². The number of ether oxygens (including phenoxy) is 1. The van der Waals surface area contributed by atoms with Crippen molar-refractivity contribution in [2.45, 2.75) is 18.8 Å². The topological polar surface area (TPSA) is 26.3 Å². The third-order valence-electron chi connectivity index (χ3n) is 4.02. The second-order valence-electron chi connectivity index (χ2n) is 5.29. The fraction of sp³-hybridized carbons (Fsp3) is 0.278. The van der Waals surface area contributed by atoms with Gasteiger partial charge in [-0.15, -0.1) is 0 Å². The van der Waals surface area contributed by atoms with Crippen molar-refractivity contribution in [3.05, 3.63) is 70.7 Å². The van der Waals surface area contributed by atoms with E-state index in [1.165, 1.54) is 5.56 Å². The number of carbonyl (C=O) groups is 1. The Hall–Kier alpha value is -1.80. The molecule has 0 spiro atoms. The fourth-order valence-electron chi connectivity index (χ4n) is 3.03. The van der Waals surface area contributed by atoms with Gasteiger partial charge < -0.3 is 4.74 Å². The predicted molar refractivity (Wildman–Crippen MR) is 83.5 cm³/mol. The van der Waals surface area contributed by atoms with Crippen molar-refractivity contribution < 1.29 is 9.53 Å². The lowest BCUT2D eigenvalue weighted by molar-refractivity contribution is -0.144. The second-order valence-corrected chi connectivity index (χ2v) is 5.73. The molecule has 0 amide bonds. The SMILES string of the molecule is CCOC(=O)C1[C@@H](c2ccccc2)[C@@H]1c1ccc(Cl)cc1. The van der Waals surface area contributed by atoms with Gasteiger partial charge in [-0.25, -0.2) is 0 Å². The van der Waals surface area contributed by atoms with Crippen LogP contribution >= 0.6 is 11.6 Å². The summed E-state index contributed by atoms with van der Waals surface area (Å²) in [6.07, 6.45) is 0. The number of rotatable bonds is 4. The first-order chi connectivity index (χ1) is 10.2. The lowest BCUT2D eigenvalue weighted by atomic mass is 10.0. The third-order valence-corrected chi connectivity index (χ3v) is 4.27. The monoisotopic (exact) mass is 300 g/mol. The van der Waals surface area contributed by atoms with Crippen molar-refractivity contribution >= 4 is 17.6 Å². The van der Waals surface area contributed by atoms with Crippen LogP contribution in [-0.4, -0.2) is 12.6 Å². The van der Waals surface area contributed by atoms with E-state index in [2.05, 4.69) is 12.1 Å². The van der Waals surface area contributed by atoms with E-state index in [9.17, 15) is 4.79 Å². The summed E-state index contributed by atoms with van der Waals surface area (Å²) in [5.41, 5.74) is 2.34. The van der Waals surface area contributed by atoms with Gasteiger partial charge in [0, 0.05) is 16.9 Å². The van der Waals surface area contributed by atoms with E-state index in [4.69, 9.17) is 16.3 Å². The zero-order valence-corrected chi connectivity index (χ0v) is 12.6. The number of hydrogen-bond donors (Lipinski definition) is 0. The average Bonchev–Trinajstić information content (AvgIpc) is 3.25. The standard InChI is InChI=1S/C18H17ClO2/c1-2-21-18(20)17-15(12-6-4-3-5-7-12)16(17)13-8-10-14(19)11-9-13/h3-11,15-17H,2H2,1H3/t15-,16-,17?/m0/s1. The first kappa shape index (κ1) is 14.2. The van der Waals surface area contributed by atoms with E-state index in [-0.39, 0.29) is 23.7 Å². The van der Waals surface area contributed by atoms with Gasteiger partial charge in [-0.2, -0.15) is 0 Å². The minimum Gasteiger partial charge on any atom is -0.466 e. The van der Waals surface area contributed by atoms with Gasteiger partial charge in [0.2, 0.25) is 0 Å². The molecule has 1 aliphatic carbocycles. The number of benzene rings is 2. The molecule has 3 rings (SSSR count). The van der Waals surface area contributed by atoms with Gasteiger partial charge in [0.1, 0.15) is 0 Å². The van der Waals surface area contributed by atoms with Crippen molar-refractivity contribution in [2.75, 3.05) is 6.61 Å². The maximum absolute atomic E-state index is 12.2. The Morgan fingerprint density at radius 2 is 1.57 bits per heavy atom. The summed E-state index contributed by atoms with van der Waals surface area (Å²) in [6, 6.07) is 17.9. The third kappa shape index (κ3) is 2.81. The van der Waals surface area contributed by atoms with Gasteiger partial charge in [-0.05, 0) is 30.2 Å². The molecule has 0 heterocycles. The maximum atomic E-state index is 12.2. The van der Waals surface area contributed by atoms with Gasteiger partial charge in [-0.1, -0.05) is 54.1 Å². The Bertz CT molecular complexity index is 621. The van der Waals surface area contributed by atoms with Crippen LogP contribution in [0.3, 0.4) is 0 Å². The molecule has 0 N–H and O–H groups in total. The van der Waals surface area contributed by atoms with Crippen molar-refractivity contribution in [2.24, 2.45) is 5.92 Å². The van der Waals surface area contributed by atoms with Crippen LogP contribution in [-0.2, 0) is 9.53 Å². The molecular formula is C18H17ClO2. The van der Waals surface area contributed by atoms with E-state index in [0.29, 0.717) is 11.6 Å². The summed E-state index contributed by atoms with van der Waals surface area (Å²) in [5, 5.41) is 0.711. The molecule has 0 bridgehead atoms. The first-order valence-electron chi connectivity index (χ1n) is 7.19. The highest BCUT2D eigenvalue weighted by Crippen LogP contribution is 2.60. The van der Waals surface area contributed by atoms with E-state index < -0.39 is 0 Å². The smallest absolute Gasteiger partial charge is 0.310 e. The molecule has 108 valence electrons. The van der Waals surface area contributed by atoms with Crippen LogP contribution in [0.2, 0.25) is 5.02 Å². The van der Waals surface area contributed by atoms with E-state index in [0.717, 1.165) is 5.56 Å². The first-order valence-corrected chi connectivity index (χ1v) is 7.57. The molecule has 21 heavy (non-hydrogen) atoms. The van der Waals surface area contributed by atoms with Crippen LogP contribution in [0.25, 0.3) is 0 Å². The highest BCUT2D eigenvalue weighted by molar-refractivity contribution is 6.30. The molecule has 2 aromatic carbocycles. The molecule has 1 fully saturated rings. The molecule has 1 unspecified atom stereocenters. The molecule has 0 saturated heterocycles. The summed E-state index contributed by atoms with van der Waals surface area (Å²) in [7, 11) is 0. The number of carbonyl (C=O) groups excluding carboxylic acids is 1. The van der Waals surface area contributed by atoms with Crippen molar-refractivity contribution in [3.63, 3.8) is 0 Å². The summed E-state index contributed by atoms with van der Waals surface area (Å²) >= 11 is 5.95. The van der Waals surface area contributed by atoms with E-state index in [1.807, 2.05) is 49.4 Å². The molecule has 3 atom stereocenters. The molecule has 1 aliphatic rings. The molecule has 2 nitrogen and oxygen atoms in total. The van der Waals surface area contributed by atoms with Crippen molar-refractivity contribution in [1.29, 1.82) is 0 Å². The average molecular weight is 301 g/mol. The number of halogens is 1. The number of esters is 1. The molecule has 2 aromatic rings. The van der Waals surface area contributed by atoms with Gasteiger partial charge in [-0.3, -0.25) is 4.79 Å². The molecular weight excluding hydrogens is 284 g/mol. The fourth-order valence-corrected chi connectivity index (χ4v) is 3.16. The van der Waals surface area contributed by atoms with E-state index in [1.54, 1.807) is 0 Å². The molecule has 0 radical (unpaired) electrons. The highest BCUT2D eigenvalue weighted by atomic mass is 35.5. The summed E-state index contributed by atoms with van der Waals surface area (Å²) in [5.74, 6) is 0.190. The van der Waals surface area contributed by atoms with Crippen LogP contribution in [0, 0.1) is 5.92 Å². The minimum absolute atomic E-state index is 0.0893. The van der Waals surface area contributed by atoms with Crippen molar-refractivity contribution in [1.82, 2.24) is 0 Å². The van der Waals surface area contributed by atoms with Crippen LogP contribution in [0.4, 0.5) is 0 Å². The van der Waals surface area contributed by atoms with E-state index >= 15 is 0 Å². The Labute approximate surface area is 129 Å². The second kappa shape index (κ2) is 5.90. The van der Waals surface area contributed by atoms with Gasteiger partial charge in [0.25, 0.3) is 0 Å². The lowest BCUT2D eigenvalue weighted by Crippen LogP contribution is -2.08. The summed E-state index contributed by atoms with van der Waals surface area (Å²) < 4.78 is 5.23. The van der Waals surface area contributed by atoms with Crippen LogP contribution in [0.5, 0.6) is 0 Å². The van der Waals surface area contributed by atoms with Crippen molar-refractivity contribution in [3.8, 4) is 0 Å². The number of hydrogen-bond acceptors (Lipinski definition) is 2. The highest BCUT2D eigenvalue weighted by Gasteiger charge is 2.56. The Morgan fingerprint density at radius 3 is 2.14 bits per heavy atom. The van der Waals surface area contributed by atoms with Crippen LogP contribution in [0.15, 0.2) is 54.6 Å². The largest absolute Gasteiger partial charge is 0.466 e. The maximum Gasteiger partial charge on any atom is 0.310 e. The zero-order valence-electron chi connectivity index (χ0n) is 11.8. The molecule has 0 aliphatic heterocycles. The Balaban J connectivity index is 1.89.